The summed E-state index contributed by atoms with van der Waals surface area (Å²) < 4.78 is 11.1. The molecule has 7 nitrogen and oxygen atoms in total. The molecule has 0 unspecified atom stereocenters. The van der Waals surface area contributed by atoms with E-state index in [0.29, 0.717) is 55.1 Å². The Morgan fingerprint density at radius 3 is 2.13 bits per heavy atom. The third-order valence-corrected chi connectivity index (χ3v) is 7.83. The van der Waals surface area contributed by atoms with E-state index in [-0.39, 0.29) is 11.7 Å². The summed E-state index contributed by atoms with van der Waals surface area (Å²) in [5.41, 5.74) is 3.60. The van der Waals surface area contributed by atoms with E-state index in [0.717, 1.165) is 36.8 Å². The molecule has 0 fully saturated rings. The smallest absolute Gasteiger partial charge is 0.328 e. The summed E-state index contributed by atoms with van der Waals surface area (Å²) in [4.78, 5) is 40.9. The molecule has 0 bridgehead atoms. The predicted molar refractivity (Wildman–Crippen MR) is 182 cm³/mol. The minimum atomic E-state index is -0.712. The molecule has 0 aliphatic heterocycles. The Hall–Kier alpha value is -4.91. The van der Waals surface area contributed by atoms with Crippen LogP contribution in [0.1, 0.15) is 66.1 Å². The second-order valence-corrected chi connectivity index (χ2v) is 11.3. The number of ether oxygens (including phenoxy) is 2. The number of ketones is 1. The largest absolute Gasteiger partial charge is 0.492 e. The summed E-state index contributed by atoms with van der Waals surface area (Å²) in [6.07, 6.45) is 5.13. The SMILES string of the molecule is CCCCCCC(=O)N(CCOc1ccc(C[C@H](Nc2ccccc2C(=O)c2ccccc2)C(=O)OC)cc1)Cc1ccccc1. The Morgan fingerprint density at radius 1 is 0.761 bits per heavy atom. The number of para-hydroxylation sites is 1. The van der Waals surface area contributed by atoms with Gasteiger partial charge in [0.1, 0.15) is 18.4 Å². The molecule has 4 rings (SSSR count). The van der Waals surface area contributed by atoms with Gasteiger partial charge in [-0.15, -0.1) is 0 Å². The third kappa shape index (κ3) is 10.3. The number of hydrogen-bond donors (Lipinski definition) is 1. The summed E-state index contributed by atoms with van der Waals surface area (Å²) >= 11 is 0. The minimum absolute atomic E-state index is 0.130. The lowest BCUT2D eigenvalue weighted by atomic mass is 10.00. The molecule has 1 N–H and O–H groups in total. The van der Waals surface area contributed by atoms with E-state index in [1.54, 1.807) is 30.3 Å². The fraction of sp³-hybridized carbons (Fsp3) is 0.308. The number of nitrogens with zero attached hydrogens (tertiary/aromatic N) is 1. The second kappa shape index (κ2) is 18.2. The highest BCUT2D eigenvalue weighted by Crippen LogP contribution is 2.22. The number of nitrogens with one attached hydrogen (secondary N) is 1. The molecule has 0 aliphatic carbocycles. The molecule has 4 aromatic carbocycles. The fourth-order valence-corrected chi connectivity index (χ4v) is 5.26. The van der Waals surface area contributed by atoms with Crippen molar-refractivity contribution < 1.29 is 23.9 Å². The van der Waals surface area contributed by atoms with Crippen LogP contribution in [0.4, 0.5) is 5.69 Å². The van der Waals surface area contributed by atoms with Gasteiger partial charge in [0.2, 0.25) is 5.91 Å². The first-order valence-corrected chi connectivity index (χ1v) is 16.0. The van der Waals surface area contributed by atoms with Crippen molar-refractivity contribution in [3.63, 3.8) is 0 Å². The van der Waals surface area contributed by atoms with Crippen LogP contribution >= 0.6 is 0 Å². The Labute approximate surface area is 272 Å². The molecule has 0 saturated carbocycles. The quantitative estimate of drug-likeness (QED) is 0.0705. The number of anilines is 1. The number of carbonyl (C=O) groups excluding carboxylic acids is 3. The number of hydrogen-bond acceptors (Lipinski definition) is 6. The van der Waals surface area contributed by atoms with Crippen molar-refractivity contribution >= 4 is 23.3 Å². The molecule has 0 saturated heterocycles. The van der Waals surface area contributed by atoms with Crippen LogP contribution in [0.3, 0.4) is 0 Å². The molecule has 0 radical (unpaired) electrons. The van der Waals surface area contributed by atoms with Crippen molar-refractivity contribution in [2.45, 2.75) is 58.0 Å². The zero-order chi connectivity index (χ0) is 32.6. The highest BCUT2D eigenvalue weighted by Gasteiger charge is 2.23. The van der Waals surface area contributed by atoms with E-state index in [1.807, 2.05) is 83.8 Å². The zero-order valence-corrected chi connectivity index (χ0v) is 26.8. The Morgan fingerprint density at radius 2 is 1.43 bits per heavy atom. The first kappa shape index (κ1) is 34.0. The molecule has 240 valence electrons. The maximum absolute atomic E-state index is 13.2. The lowest BCUT2D eigenvalue weighted by molar-refractivity contribution is -0.141. The monoisotopic (exact) mass is 620 g/mol. The summed E-state index contributed by atoms with van der Waals surface area (Å²) in [5.74, 6) is 0.266. The van der Waals surface area contributed by atoms with Crippen molar-refractivity contribution in [1.82, 2.24) is 4.90 Å². The van der Waals surface area contributed by atoms with E-state index < -0.39 is 12.0 Å². The van der Waals surface area contributed by atoms with E-state index >= 15 is 0 Å². The topological polar surface area (TPSA) is 84.9 Å². The first-order chi connectivity index (χ1) is 22.5. The fourth-order valence-electron chi connectivity index (χ4n) is 5.26. The van der Waals surface area contributed by atoms with Crippen LogP contribution in [0, 0.1) is 0 Å². The van der Waals surface area contributed by atoms with Crippen LogP contribution in [-0.2, 0) is 27.3 Å². The number of carbonyl (C=O) groups is 3. The molecule has 0 spiro atoms. The normalized spacial score (nSPS) is 11.3. The van der Waals surface area contributed by atoms with E-state index in [2.05, 4.69) is 12.2 Å². The van der Waals surface area contributed by atoms with Crippen molar-refractivity contribution in [3.05, 3.63) is 131 Å². The summed E-state index contributed by atoms with van der Waals surface area (Å²) in [7, 11) is 1.35. The van der Waals surface area contributed by atoms with Crippen LogP contribution < -0.4 is 10.1 Å². The van der Waals surface area contributed by atoms with Gasteiger partial charge in [-0.1, -0.05) is 111 Å². The minimum Gasteiger partial charge on any atom is -0.492 e. The maximum Gasteiger partial charge on any atom is 0.328 e. The average Bonchev–Trinajstić information content (AvgIpc) is 3.10. The van der Waals surface area contributed by atoms with Gasteiger partial charge < -0.3 is 19.7 Å². The number of benzene rings is 4. The zero-order valence-electron chi connectivity index (χ0n) is 26.8. The van der Waals surface area contributed by atoms with Crippen LogP contribution in [0.25, 0.3) is 0 Å². The number of amides is 1. The van der Waals surface area contributed by atoms with Gasteiger partial charge >= 0.3 is 5.97 Å². The Kier molecular flexibility index (Phi) is 13.4. The molecule has 1 atom stereocenters. The molecule has 1 amide bonds. The summed E-state index contributed by atoms with van der Waals surface area (Å²) in [6, 6.07) is 33.1. The Bertz CT molecular complexity index is 1520. The molecule has 0 aromatic heterocycles. The standard InChI is InChI=1S/C39H44N2O5/c1-3-4-5-12-21-37(42)41(29-31-15-8-6-9-16-31)26-27-46-33-24-22-30(23-25-33)28-36(39(44)45-2)40-35-20-14-13-19-34(35)38(43)32-17-10-7-11-18-32/h6-11,13-20,22-25,36,40H,3-5,12,21,26-29H2,1-2H3/t36-/m0/s1. The molecular formula is C39H44N2O5. The third-order valence-electron chi connectivity index (χ3n) is 7.83. The maximum atomic E-state index is 13.2. The summed E-state index contributed by atoms with van der Waals surface area (Å²) in [5, 5.41) is 3.25. The van der Waals surface area contributed by atoms with Crippen molar-refractivity contribution in [2.75, 3.05) is 25.6 Å². The Balaban J connectivity index is 1.37. The van der Waals surface area contributed by atoms with E-state index in [4.69, 9.17) is 9.47 Å². The van der Waals surface area contributed by atoms with Gasteiger partial charge in [0.05, 0.1) is 13.7 Å². The predicted octanol–water partition coefficient (Wildman–Crippen LogP) is 7.49. The molecule has 0 heterocycles. The van der Waals surface area contributed by atoms with Gasteiger partial charge in [-0.05, 0) is 41.8 Å². The highest BCUT2D eigenvalue weighted by molar-refractivity contribution is 6.12. The van der Waals surface area contributed by atoms with Gasteiger partial charge in [-0.2, -0.15) is 0 Å². The van der Waals surface area contributed by atoms with Gasteiger partial charge in [-0.3, -0.25) is 9.59 Å². The van der Waals surface area contributed by atoms with E-state index in [1.165, 1.54) is 7.11 Å². The number of esters is 1. The van der Waals surface area contributed by atoms with Crippen LogP contribution in [0.5, 0.6) is 5.75 Å². The average molecular weight is 621 g/mol. The van der Waals surface area contributed by atoms with E-state index in [9.17, 15) is 14.4 Å². The number of unbranched alkanes of at least 4 members (excludes halogenated alkanes) is 3. The first-order valence-electron chi connectivity index (χ1n) is 16.0. The van der Waals surface area contributed by atoms with Gasteiger partial charge in [0.15, 0.2) is 5.78 Å². The number of rotatable bonds is 18. The van der Waals surface area contributed by atoms with Crippen molar-refractivity contribution in [3.8, 4) is 5.75 Å². The lowest BCUT2D eigenvalue weighted by Gasteiger charge is -2.23. The van der Waals surface area contributed by atoms with Crippen molar-refractivity contribution in [1.29, 1.82) is 0 Å². The van der Waals surface area contributed by atoms with Crippen LogP contribution in [0.15, 0.2) is 109 Å². The highest BCUT2D eigenvalue weighted by atomic mass is 16.5. The molecule has 7 heteroatoms. The number of methoxy groups -OCH3 is 1. The van der Waals surface area contributed by atoms with Crippen LogP contribution in [0.2, 0.25) is 0 Å². The van der Waals surface area contributed by atoms with Gasteiger partial charge in [-0.25, -0.2) is 4.79 Å². The van der Waals surface area contributed by atoms with Gasteiger partial charge in [0, 0.05) is 36.2 Å². The molecule has 0 aliphatic rings. The van der Waals surface area contributed by atoms with Gasteiger partial charge in [0.25, 0.3) is 0 Å². The van der Waals surface area contributed by atoms with Crippen LogP contribution in [-0.4, -0.2) is 48.9 Å². The van der Waals surface area contributed by atoms with Crippen molar-refractivity contribution in [2.24, 2.45) is 0 Å². The molecule has 46 heavy (non-hydrogen) atoms. The second-order valence-electron chi connectivity index (χ2n) is 11.3. The summed E-state index contributed by atoms with van der Waals surface area (Å²) in [6.45, 7) is 3.57. The molecular weight excluding hydrogens is 576 g/mol. The lowest BCUT2D eigenvalue weighted by Crippen LogP contribution is -2.34. The molecule has 4 aromatic rings.